The standard InChI is InChI=1S/C17H18N2O/c1-12-5-4-6-13(2)15(12)11-19-16-8-7-14(10-18)9-17(16)20-3/h4-9,19H,11H2,1-3H3. The van der Waals surface area contributed by atoms with Gasteiger partial charge in [0.2, 0.25) is 0 Å². The van der Waals surface area contributed by atoms with Crippen LogP contribution in [0.3, 0.4) is 0 Å². The molecule has 102 valence electrons. The molecule has 0 spiro atoms. The first-order valence-corrected chi connectivity index (χ1v) is 6.53. The summed E-state index contributed by atoms with van der Waals surface area (Å²) in [6, 6.07) is 13.8. The van der Waals surface area contributed by atoms with E-state index >= 15 is 0 Å². The molecule has 0 atom stereocenters. The van der Waals surface area contributed by atoms with Crippen LogP contribution >= 0.6 is 0 Å². The third-order valence-electron chi connectivity index (χ3n) is 3.43. The Balaban J connectivity index is 2.21. The third kappa shape index (κ3) is 2.92. The van der Waals surface area contributed by atoms with Gasteiger partial charge in [0.1, 0.15) is 5.75 Å². The van der Waals surface area contributed by atoms with Gasteiger partial charge in [0, 0.05) is 12.6 Å². The third-order valence-corrected chi connectivity index (χ3v) is 3.43. The van der Waals surface area contributed by atoms with Crippen LogP contribution in [0.1, 0.15) is 22.3 Å². The number of hydrogen-bond acceptors (Lipinski definition) is 3. The summed E-state index contributed by atoms with van der Waals surface area (Å²) in [5, 5.41) is 12.3. The average Bonchev–Trinajstić information content (AvgIpc) is 2.46. The Bertz CT molecular complexity index is 636. The van der Waals surface area contributed by atoms with Crippen LogP contribution in [-0.4, -0.2) is 7.11 Å². The van der Waals surface area contributed by atoms with Crippen molar-refractivity contribution in [3.8, 4) is 11.8 Å². The molecule has 2 aromatic rings. The minimum atomic E-state index is 0.597. The lowest BCUT2D eigenvalue weighted by atomic mass is 10.0. The van der Waals surface area contributed by atoms with E-state index in [1.807, 2.05) is 6.07 Å². The molecule has 0 unspecified atom stereocenters. The van der Waals surface area contributed by atoms with Crippen LogP contribution in [0, 0.1) is 25.2 Å². The predicted octanol–water partition coefficient (Wildman–Crippen LogP) is 3.80. The highest BCUT2D eigenvalue weighted by Crippen LogP contribution is 2.26. The van der Waals surface area contributed by atoms with Gasteiger partial charge in [-0.15, -0.1) is 0 Å². The van der Waals surface area contributed by atoms with Crippen LogP contribution in [0.15, 0.2) is 36.4 Å². The van der Waals surface area contributed by atoms with Gasteiger partial charge in [-0.3, -0.25) is 0 Å². The maximum absolute atomic E-state index is 8.90. The fraction of sp³-hybridized carbons (Fsp3) is 0.235. The molecule has 3 heteroatoms. The van der Waals surface area contributed by atoms with Crippen molar-refractivity contribution >= 4 is 5.69 Å². The minimum absolute atomic E-state index is 0.597. The lowest BCUT2D eigenvalue weighted by Gasteiger charge is -2.14. The number of methoxy groups -OCH3 is 1. The largest absolute Gasteiger partial charge is 0.495 e. The molecule has 2 aromatic carbocycles. The van der Waals surface area contributed by atoms with Gasteiger partial charge in [0.05, 0.1) is 24.4 Å². The second kappa shape index (κ2) is 6.12. The average molecular weight is 266 g/mol. The summed E-state index contributed by atoms with van der Waals surface area (Å²) in [5.74, 6) is 0.690. The Hall–Kier alpha value is -2.47. The molecule has 0 radical (unpaired) electrons. The van der Waals surface area contributed by atoms with Crippen LogP contribution in [0.5, 0.6) is 5.75 Å². The summed E-state index contributed by atoms with van der Waals surface area (Å²) in [4.78, 5) is 0. The van der Waals surface area contributed by atoms with Crippen molar-refractivity contribution in [3.63, 3.8) is 0 Å². The van der Waals surface area contributed by atoms with Crippen LogP contribution in [0.2, 0.25) is 0 Å². The molecule has 0 saturated heterocycles. The first-order chi connectivity index (χ1) is 9.65. The zero-order valence-electron chi connectivity index (χ0n) is 12.0. The van der Waals surface area contributed by atoms with Crippen LogP contribution in [0.25, 0.3) is 0 Å². The molecule has 0 heterocycles. The number of aryl methyl sites for hydroxylation is 2. The van der Waals surface area contributed by atoms with E-state index in [4.69, 9.17) is 10.00 Å². The van der Waals surface area contributed by atoms with Crippen LogP contribution in [-0.2, 0) is 6.54 Å². The van der Waals surface area contributed by atoms with Crippen molar-refractivity contribution in [1.82, 2.24) is 0 Å². The van der Waals surface area contributed by atoms with Gasteiger partial charge < -0.3 is 10.1 Å². The van der Waals surface area contributed by atoms with E-state index < -0.39 is 0 Å². The number of nitrogens with one attached hydrogen (secondary N) is 1. The maximum Gasteiger partial charge on any atom is 0.143 e. The molecule has 20 heavy (non-hydrogen) atoms. The number of benzene rings is 2. The number of anilines is 1. The molecule has 3 nitrogen and oxygen atoms in total. The number of rotatable bonds is 4. The summed E-state index contributed by atoms with van der Waals surface area (Å²) < 4.78 is 5.32. The monoisotopic (exact) mass is 266 g/mol. The van der Waals surface area contributed by atoms with Gasteiger partial charge in [-0.2, -0.15) is 5.26 Å². The van der Waals surface area contributed by atoms with Crippen LogP contribution in [0.4, 0.5) is 5.69 Å². The zero-order chi connectivity index (χ0) is 14.5. The molecule has 0 aliphatic heterocycles. The van der Waals surface area contributed by atoms with Crippen molar-refractivity contribution < 1.29 is 4.74 Å². The molecular formula is C17H18N2O. The van der Waals surface area contributed by atoms with E-state index in [0.29, 0.717) is 11.3 Å². The van der Waals surface area contributed by atoms with Gasteiger partial charge in [0.25, 0.3) is 0 Å². The lowest BCUT2D eigenvalue weighted by Crippen LogP contribution is -2.04. The van der Waals surface area contributed by atoms with Crippen molar-refractivity contribution in [1.29, 1.82) is 5.26 Å². The lowest BCUT2D eigenvalue weighted by molar-refractivity contribution is 0.416. The first kappa shape index (κ1) is 14.0. The highest BCUT2D eigenvalue weighted by atomic mass is 16.5. The summed E-state index contributed by atoms with van der Waals surface area (Å²) in [6.45, 7) is 4.96. The Morgan fingerprint density at radius 3 is 2.45 bits per heavy atom. The Labute approximate surface area is 119 Å². The van der Waals surface area contributed by atoms with Gasteiger partial charge in [-0.05, 0) is 42.7 Å². The maximum atomic E-state index is 8.90. The molecular weight excluding hydrogens is 248 g/mol. The van der Waals surface area contributed by atoms with Gasteiger partial charge >= 0.3 is 0 Å². The highest BCUT2D eigenvalue weighted by molar-refractivity contribution is 5.59. The van der Waals surface area contributed by atoms with E-state index in [1.54, 1.807) is 19.2 Å². The van der Waals surface area contributed by atoms with Gasteiger partial charge in [0.15, 0.2) is 0 Å². The van der Waals surface area contributed by atoms with Crippen molar-refractivity contribution in [2.75, 3.05) is 12.4 Å². The molecule has 0 aliphatic rings. The summed E-state index contributed by atoms with van der Waals surface area (Å²) in [7, 11) is 1.61. The number of ether oxygens (including phenoxy) is 1. The summed E-state index contributed by atoms with van der Waals surface area (Å²) in [5.41, 5.74) is 5.32. The Morgan fingerprint density at radius 1 is 1.15 bits per heavy atom. The molecule has 1 N–H and O–H groups in total. The first-order valence-electron chi connectivity index (χ1n) is 6.53. The van der Waals surface area contributed by atoms with E-state index in [9.17, 15) is 0 Å². The van der Waals surface area contributed by atoms with Gasteiger partial charge in [-0.25, -0.2) is 0 Å². The fourth-order valence-corrected chi connectivity index (χ4v) is 2.22. The molecule has 0 fully saturated rings. The second-order valence-electron chi connectivity index (χ2n) is 4.75. The van der Waals surface area contributed by atoms with Crippen molar-refractivity contribution in [3.05, 3.63) is 58.7 Å². The van der Waals surface area contributed by atoms with E-state index in [-0.39, 0.29) is 0 Å². The quantitative estimate of drug-likeness (QED) is 0.915. The van der Waals surface area contributed by atoms with Crippen molar-refractivity contribution in [2.24, 2.45) is 0 Å². The molecule has 0 amide bonds. The number of nitrogens with zero attached hydrogens (tertiary/aromatic N) is 1. The summed E-state index contributed by atoms with van der Waals surface area (Å²) >= 11 is 0. The fourth-order valence-electron chi connectivity index (χ4n) is 2.22. The molecule has 0 bridgehead atoms. The van der Waals surface area contributed by atoms with Gasteiger partial charge in [-0.1, -0.05) is 18.2 Å². The van der Waals surface area contributed by atoms with E-state index in [1.165, 1.54) is 16.7 Å². The van der Waals surface area contributed by atoms with E-state index in [2.05, 4.69) is 43.4 Å². The molecule has 2 rings (SSSR count). The molecule has 0 saturated carbocycles. The number of nitriles is 1. The minimum Gasteiger partial charge on any atom is -0.495 e. The molecule has 0 aliphatic carbocycles. The molecule has 0 aromatic heterocycles. The number of hydrogen-bond donors (Lipinski definition) is 1. The smallest absolute Gasteiger partial charge is 0.143 e. The highest BCUT2D eigenvalue weighted by Gasteiger charge is 2.06. The SMILES string of the molecule is COc1cc(C#N)ccc1NCc1c(C)cccc1C. The zero-order valence-corrected chi connectivity index (χ0v) is 12.0. The van der Waals surface area contributed by atoms with Crippen LogP contribution < -0.4 is 10.1 Å². The predicted molar refractivity (Wildman–Crippen MR) is 81.0 cm³/mol. The Morgan fingerprint density at radius 2 is 1.85 bits per heavy atom. The van der Waals surface area contributed by atoms with Crippen molar-refractivity contribution in [2.45, 2.75) is 20.4 Å². The summed E-state index contributed by atoms with van der Waals surface area (Å²) in [6.07, 6.45) is 0. The Kier molecular flexibility index (Phi) is 4.27. The normalized spacial score (nSPS) is 9.90. The topological polar surface area (TPSA) is 45.0 Å². The second-order valence-corrected chi connectivity index (χ2v) is 4.75. The van der Waals surface area contributed by atoms with E-state index in [0.717, 1.165) is 12.2 Å².